The molecule has 2 rings (SSSR count). The van der Waals surface area contributed by atoms with Gasteiger partial charge in [0.25, 0.3) is 0 Å². The molecule has 122 valence electrons. The van der Waals surface area contributed by atoms with Crippen molar-refractivity contribution in [1.82, 2.24) is 4.98 Å². The van der Waals surface area contributed by atoms with E-state index in [1.807, 2.05) is 13.8 Å². The molecule has 1 aromatic carbocycles. The van der Waals surface area contributed by atoms with Crippen LogP contribution in [0.15, 0.2) is 36.5 Å². The van der Waals surface area contributed by atoms with E-state index in [0.717, 1.165) is 12.8 Å². The summed E-state index contributed by atoms with van der Waals surface area (Å²) in [5.41, 5.74) is 1.38. The maximum absolute atomic E-state index is 13.1. The van der Waals surface area contributed by atoms with Crippen molar-refractivity contribution in [3.63, 3.8) is 0 Å². The van der Waals surface area contributed by atoms with Crippen LogP contribution in [-0.2, 0) is 4.79 Å². The molecule has 1 heterocycles. The van der Waals surface area contributed by atoms with E-state index in [-0.39, 0.29) is 16.8 Å². The summed E-state index contributed by atoms with van der Waals surface area (Å²) < 4.78 is 13.1. The molecule has 0 unspecified atom stereocenters. The quantitative estimate of drug-likeness (QED) is 0.781. The van der Waals surface area contributed by atoms with Crippen LogP contribution < -0.4 is 10.6 Å². The zero-order chi connectivity index (χ0) is 16.8. The topological polar surface area (TPSA) is 54.0 Å². The molecule has 0 saturated heterocycles. The smallest absolute Gasteiger partial charge is 0.228 e. The molecule has 23 heavy (non-hydrogen) atoms. The number of halogens is 2. The molecule has 0 spiro atoms. The Morgan fingerprint density at radius 3 is 2.48 bits per heavy atom. The molecular formula is C17H19ClFN3O. The number of hydrogen-bond acceptors (Lipinski definition) is 3. The number of anilines is 3. The van der Waals surface area contributed by atoms with Crippen molar-refractivity contribution in [3.8, 4) is 0 Å². The van der Waals surface area contributed by atoms with Crippen molar-refractivity contribution in [2.45, 2.75) is 26.7 Å². The molecule has 1 aromatic heterocycles. The third kappa shape index (κ3) is 4.66. The van der Waals surface area contributed by atoms with Crippen LogP contribution in [0, 0.1) is 11.7 Å². The van der Waals surface area contributed by atoms with Gasteiger partial charge >= 0.3 is 0 Å². The molecule has 0 atom stereocenters. The number of pyridine rings is 1. The lowest BCUT2D eigenvalue weighted by Crippen LogP contribution is -2.22. The molecule has 0 aliphatic rings. The van der Waals surface area contributed by atoms with Crippen molar-refractivity contribution in [1.29, 1.82) is 0 Å². The summed E-state index contributed by atoms with van der Waals surface area (Å²) in [6, 6.07) is 7.88. The Morgan fingerprint density at radius 1 is 1.22 bits per heavy atom. The van der Waals surface area contributed by atoms with Crippen LogP contribution in [0.5, 0.6) is 0 Å². The van der Waals surface area contributed by atoms with E-state index in [1.54, 1.807) is 24.4 Å². The van der Waals surface area contributed by atoms with Gasteiger partial charge in [-0.1, -0.05) is 25.4 Å². The maximum Gasteiger partial charge on any atom is 0.228 e. The predicted octanol–water partition coefficient (Wildman–Crippen LogP) is 4.99. The molecule has 1 amide bonds. The van der Waals surface area contributed by atoms with Gasteiger partial charge in [-0.15, -0.1) is 0 Å². The van der Waals surface area contributed by atoms with Crippen LogP contribution in [0.25, 0.3) is 0 Å². The lowest BCUT2D eigenvalue weighted by Gasteiger charge is -2.12. The highest BCUT2D eigenvalue weighted by molar-refractivity contribution is 6.31. The van der Waals surface area contributed by atoms with Crippen LogP contribution in [0.2, 0.25) is 5.02 Å². The molecule has 4 nitrogen and oxygen atoms in total. The third-order valence-electron chi connectivity index (χ3n) is 3.58. The number of rotatable bonds is 6. The molecular weight excluding hydrogens is 317 g/mol. The molecule has 2 aromatic rings. The van der Waals surface area contributed by atoms with E-state index >= 15 is 0 Å². The van der Waals surface area contributed by atoms with Crippen molar-refractivity contribution >= 4 is 34.7 Å². The Hall–Kier alpha value is -2.14. The fraction of sp³-hybridized carbons (Fsp3) is 0.294. The van der Waals surface area contributed by atoms with Crippen LogP contribution in [0.4, 0.5) is 21.6 Å². The van der Waals surface area contributed by atoms with Gasteiger partial charge in [0.15, 0.2) is 0 Å². The normalized spacial score (nSPS) is 10.7. The minimum absolute atomic E-state index is 0.00374. The van der Waals surface area contributed by atoms with Gasteiger partial charge in [0.1, 0.15) is 11.6 Å². The minimum atomic E-state index is -0.463. The molecule has 0 fully saturated rings. The second kappa shape index (κ2) is 7.92. The molecule has 0 radical (unpaired) electrons. The van der Waals surface area contributed by atoms with Crippen LogP contribution in [0.3, 0.4) is 0 Å². The van der Waals surface area contributed by atoms with Gasteiger partial charge < -0.3 is 10.6 Å². The number of hydrogen-bond donors (Lipinski definition) is 2. The Morgan fingerprint density at radius 2 is 1.91 bits per heavy atom. The highest BCUT2D eigenvalue weighted by Crippen LogP contribution is 2.23. The Labute approximate surface area is 140 Å². The van der Waals surface area contributed by atoms with Gasteiger partial charge in [0.05, 0.1) is 16.9 Å². The second-order valence-electron chi connectivity index (χ2n) is 5.19. The number of aromatic nitrogens is 1. The molecule has 0 bridgehead atoms. The summed E-state index contributed by atoms with van der Waals surface area (Å²) >= 11 is 5.74. The Kier molecular flexibility index (Phi) is 5.93. The van der Waals surface area contributed by atoms with Crippen molar-refractivity contribution < 1.29 is 9.18 Å². The first-order chi connectivity index (χ1) is 11.0. The maximum atomic E-state index is 13.1. The van der Waals surface area contributed by atoms with E-state index in [9.17, 15) is 9.18 Å². The van der Waals surface area contributed by atoms with E-state index in [2.05, 4.69) is 15.6 Å². The third-order valence-corrected chi connectivity index (χ3v) is 3.87. The monoisotopic (exact) mass is 335 g/mol. The van der Waals surface area contributed by atoms with Crippen LogP contribution in [0.1, 0.15) is 26.7 Å². The van der Waals surface area contributed by atoms with Crippen molar-refractivity contribution in [2.75, 3.05) is 10.6 Å². The number of benzene rings is 1. The molecule has 6 heteroatoms. The molecule has 2 N–H and O–H groups in total. The Bertz CT molecular complexity index is 672. The first-order valence-electron chi connectivity index (χ1n) is 7.52. The summed E-state index contributed by atoms with van der Waals surface area (Å²) in [5, 5.41) is 5.93. The summed E-state index contributed by atoms with van der Waals surface area (Å²) in [6.07, 6.45) is 3.19. The van der Waals surface area contributed by atoms with Crippen molar-refractivity contribution in [2.24, 2.45) is 5.92 Å². The SMILES string of the molecule is CCC(CC)C(=O)Nc1ccc(Nc2ccc(F)c(Cl)c2)cn1. The average molecular weight is 336 g/mol. The minimum Gasteiger partial charge on any atom is -0.354 e. The lowest BCUT2D eigenvalue weighted by atomic mass is 10.0. The van der Waals surface area contributed by atoms with Gasteiger partial charge in [-0.3, -0.25) is 4.79 Å². The largest absolute Gasteiger partial charge is 0.354 e. The number of carbonyl (C=O) groups excluding carboxylic acids is 1. The molecule has 0 aliphatic carbocycles. The molecule has 0 saturated carbocycles. The lowest BCUT2D eigenvalue weighted by molar-refractivity contribution is -0.120. The first-order valence-corrected chi connectivity index (χ1v) is 7.90. The van der Waals surface area contributed by atoms with Crippen LogP contribution in [-0.4, -0.2) is 10.9 Å². The predicted molar refractivity (Wildman–Crippen MR) is 91.6 cm³/mol. The first kappa shape index (κ1) is 17.2. The average Bonchev–Trinajstić information content (AvgIpc) is 2.54. The number of amides is 1. The van der Waals surface area contributed by atoms with Gasteiger partial charge in [0, 0.05) is 11.6 Å². The van der Waals surface area contributed by atoms with Gasteiger partial charge in [-0.25, -0.2) is 9.37 Å². The van der Waals surface area contributed by atoms with Gasteiger partial charge in [-0.2, -0.15) is 0 Å². The fourth-order valence-electron chi connectivity index (χ4n) is 2.17. The number of nitrogens with one attached hydrogen (secondary N) is 2. The highest BCUT2D eigenvalue weighted by Gasteiger charge is 2.14. The summed E-state index contributed by atoms with van der Waals surface area (Å²) in [6.45, 7) is 3.98. The van der Waals surface area contributed by atoms with E-state index < -0.39 is 5.82 Å². The standard InChI is InChI=1S/C17H19ClFN3O/c1-3-11(4-2)17(23)22-16-8-6-13(10-20-16)21-12-5-7-15(19)14(18)9-12/h5-11,21H,3-4H2,1-2H3,(H,20,22,23). The van der Waals surface area contributed by atoms with Gasteiger partial charge in [0.2, 0.25) is 5.91 Å². The number of carbonyl (C=O) groups is 1. The zero-order valence-corrected chi connectivity index (χ0v) is 13.8. The van der Waals surface area contributed by atoms with Crippen LogP contribution >= 0.6 is 11.6 Å². The second-order valence-corrected chi connectivity index (χ2v) is 5.60. The van der Waals surface area contributed by atoms with E-state index in [1.165, 1.54) is 12.1 Å². The van der Waals surface area contributed by atoms with Gasteiger partial charge in [-0.05, 0) is 43.2 Å². The highest BCUT2D eigenvalue weighted by atomic mass is 35.5. The van der Waals surface area contributed by atoms with E-state index in [0.29, 0.717) is 17.2 Å². The fourth-order valence-corrected chi connectivity index (χ4v) is 2.35. The van der Waals surface area contributed by atoms with E-state index in [4.69, 9.17) is 11.6 Å². The summed E-state index contributed by atoms with van der Waals surface area (Å²) in [5.74, 6) is 0.0175. The summed E-state index contributed by atoms with van der Waals surface area (Å²) in [7, 11) is 0. The van der Waals surface area contributed by atoms with Crippen molar-refractivity contribution in [3.05, 3.63) is 47.4 Å². The Balaban J connectivity index is 2.01. The summed E-state index contributed by atoms with van der Waals surface area (Å²) in [4.78, 5) is 16.2. The zero-order valence-electron chi connectivity index (χ0n) is 13.1. The molecule has 0 aliphatic heterocycles. The number of nitrogens with zero attached hydrogens (tertiary/aromatic N) is 1.